The monoisotopic (exact) mass is 327 g/mol. The molecule has 0 aliphatic heterocycles. The van der Waals surface area contributed by atoms with Gasteiger partial charge in [0.2, 0.25) is 0 Å². The summed E-state index contributed by atoms with van der Waals surface area (Å²) in [6, 6.07) is 11.9. The van der Waals surface area contributed by atoms with Crippen molar-refractivity contribution in [3.8, 4) is 0 Å². The number of amides is 2. The predicted octanol–water partition coefficient (Wildman–Crippen LogP) is 2.81. The lowest BCUT2D eigenvalue weighted by Gasteiger charge is -2.15. The van der Waals surface area contributed by atoms with Gasteiger partial charge < -0.3 is 15.6 Å². The van der Waals surface area contributed by atoms with Crippen molar-refractivity contribution in [3.63, 3.8) is 0 Å². The molecule has 0 spiro atoms. The first-order chi connectivity index (χ1) is 11.5. The van der Waals surface area contributed by atoms with Crippen LogP contribution >= 0.6 is 0 Å². The molecule has 24 heavy (non-hydrogen) atoms. The van der Waals surface area contributed by atoms with Gasteiger partial charge in [-0.3, -0.25) is 4.79 Å². The summed E-state index contributed by atoms with van der Waals surface area (Å²) < 4.78 is 0. The third-order valence-corrected chi connectivity index (χ3v) is 4.01. The van der Waals surface area contributed by atoms with E-state index in [1.54, 1.807) is 0 Å². The minimum absolute atomic E-state index is 0.0580. The van der Waals surface area contributed by atoms with Gasteiger partial charge >= 0.3 is 6.03 Å². The molecule has 0 saturated heterocycles. The number of hydrogen-bond acceptors (Lipinski definition) is 2. The summed E-state index contributed by atoms with van der Waals surface area (Å²) in [5.41, 5.74) is 3.40. The Morgan fingerprint density at radius 2 is 1.92 bits per heavy atom. The van der Waals surface area contributed by atoms with Gasteiger partial charge in [0.05, 0.1) is 6.54 Å². The van der Waals surface area contributed by atoms with Crippen LogP contribution in [0.3, 0.4) is 0 Å². The largest absolute Gasteiger partial charge is 0.336 e. The van der Waals surface area contributed by atoms with Crippen molar-refractivity contribution in [2.45, 2.75) is 46.2 Å². The van der Waals surface area contributed by atoms with Crippen LogP contribution in [0.2, 0.25) is 0 Å². The minimum Gasteiger partial charge on any atom is -0.336 e. The molecule has 1 aromatic heterocycles. The Balaban J connectivity index is 1.80. The number of pyridine rings is 1. The van der Waals surface area contributed by atoms with E-state index in [1.807, 2.05) is 45.0 Å². The Labute approximate surface area is 142 Å². The summed E-state index contributed by atoms with van der Waals surface area (Å²) in [6.07, 6.45) is 1.78. The van der Waals surface area contributed by atoms with E-state index in [2.05, 4.69) is 27.8 Å². The maximum Gasteiger partial charge on any atom is 0.315 e. The normalized spacial score (nSPS) is 11.8. The van der Waals surface area contributed by atoms with E-state index in [4.69, 9.17) is 0 Å². The third kappa shape index (κ3) is 5.26. The molecular formula is C19H25N3O2. The number of urea groups is 1. The molecule has 0 bridgehead atoms. The Hall–Kier alpha value is -2.56. The second kappa shape index (κ2) is 8.34. The zero-order valence-electron chi connectivity index (χ0n) is 14.5. The van der Waals surface area contributed by atoms with Crippen molar-refractivity contribution >= 4 is 6.03 Å². The first kappa shape index (κ1) is 17.8. The predicted molar refractivity (Wildman–Crippen MR) is 96.1 cm³/mol. The van der Waals surface area contributed by atoms with Crippen molar-refractivity contribution in [3.05, 3.63) is 69.1 Å². The lowest BCUT2D eigenvalue weighted by atomic mass is 10.1. The SMILES string of the molecule is Cc1cc(C)c(CNC(=O)NC(C)CCc2ccccc2)c(=O)[nH]1. The lowest BCUT2D eigenvalue weighted by molar-refractivity contribution is 0.236. The zero-order chi connectivity index (χ0) is 17.5. The van der Waals surface area contributed by atoms with Gasteiger partial charge in [0, 0.05) is 17.3 Å². The highest BCUT2D eigenvalue weighted by molar-refractivity contribution is 5.74. The van der Waals surface area contributed by atoms with Crippen LogP contribution in [-0.4, -0.2) is 17.1 Å². The molecular weight excluding hydrogens is 302 g/mol. The molecule has 3 N–H and O–H groups in total. The Morgan fingerprint density at radius 1 is 1.21 bits per heavy atom. The molecule has 1 heterocycles. The molecule has 0 saturated carbocycles. The van der Waals surface area contributed by atoms with Crippen molar-refractivity contribution in [1.29, 1.82) is 0 Å². The summed E-state index contributed by atoms with van der Waals surface area (Å²) in [6.45, 7) is 5.91. The van der Waals surface area contributed by atoms with Gasteiger partial charge in [-0.05, 0) is 50.8 Å². The van der Waals surface area contributed by atoms with Gasteiger partial charge in [0.1, 0.15) is 0 Å². The number of aromatic nitrogens is 1. The maximum atomic E-state index is 12.0. The van der Waals surface area contributed by atoms with Crippen molar-refractivity contribution in [2.24, 2.45) is 0 Å². The minimum atomic E-state index is -0.255. The molecule has 1 unspecified atom stereocenters. The van der Waals surface area contributed by atoms with Crippen molar-refractivity contribution < 1.29 is 4.79 Å². The summed E-state index contributed by atoms with van der Waals surface area (Å²) in [4.78, 5) is 26.7. The number of aromatic amines is 1. The average Bonchev–Trinajstić information content (AvgIpc) is 2.53. The lowest BCUT2D eigenvalue weighted by Crippen LogP contribution is -2.41. The molecule has 128 valence electrons. The maximum absolute atomic E-state index is 12.0. The van der Waals surface area contributed by atoms with Crippen LogP contribution in [0, 0.1) is 13.8 Å². The van der Waals surface area contributed by atoms with Gasteiger partial charge in [-0.25, -0.2) is 4.79 Å². The van der Waals surface area contributed by atoms with E-state index in [-0.39, 0.29) is 24.2 Å². The average molecular weight is 327 g/mol. The number of H-pyrrole nitrogens is 1. The number of aryl methyl sites for hydroxylation is 3. The van der Waals surface area contributed by atoms with E-state index in [9.17, 15) is 9.59 Å². The number of benzene rings is 1. The van der Waals surface area contributed by atoms with E-state index < -0.39 is 0 Å². The zero-order valence-corrected chi connectivity index (χ0v) is 14.5. The van der Waals surface area contributed by atoms with Gasteiger partial charge in [0.25, 0.3) is 5.56 Å². The van der Waals surface area contributed by atoms with Crippen LogP contribution in [0.5, 0.6) is 0 Å². The number of nitrogens with one attached hydrogen (secondary N) is 3. The highest BCUT2D eigenvalue weighted by Gasteiger charge is 2.10. The van der Waals surface area contributed by atoms with Crippen LogP contribution in [0.4, 0.5) is 4.79 Å². The standard InChI is InChI=1S/C19H25N3O2/c1-13-11-15(3)21-18(23)17(13)12-20-19(24)22-14(2)9-10-16-7-5-4-6-8-16/h4-8,11,14H,9-10,12H2,1-3H3,(H,21,23)(H2,20,22,24). The highest BCUT2D eigenvalue weighted by atomic mass is 16.2. The van der Waals surface area contributed by atoms with Crippen molar-refractivity contribution in [1.82, 2.24) is 15.6 Å². The van der Waals surface area contributed by atoms with E-state index >= 15 is 0 Å². The number of carbonyl (C=O) groups excluding carboxylic acids is 1. The molecule has 1 aromatic carbocycles. The molecule has 2 amide bonds. The van der Waals surface area contributed by atoms with Crippen LogP contribution < -0.4 is 16.2 Å². The molecule has 0 aliphatic carbocycles. The summed E-state index contributed by atoms with van der Waals surface area (Å²) in [5, 5.41) is 5.67. The van der Waals surface area contributed by atoms with Crippen LogP contribution in [0.1, 0.15) is 35.7 Å². The second-order valence-electron chi connectivity index (χ2n) is 6.20. The Bertz CT molecular complexity index is 738. The number of rotatable bonds is 6. The first-order valence-corrected chi connectivity index (χ1v) is 8.23. The quantitative estimate of drug-likeness (QED) is 0.763. The molecule has 0 radical (unpaired) electrons. The molecule has 5 heteroatoms. The highest BCUT2D eigenvalue weighted by Crippen LogP contribution is 2.05. The van der Waals surface area contributed by atoms with Gasteiger partial charge in [-0.2, -0.15) is 0 Å². The molecule has 0 aliphatic rings. The Morgan fingerprint density at radius 3 is 2.58 bits per heavy atom. The fourth-order valence-corrected chi connectivity index (χ4v) is 2.64. The molecule has 2 rings (SSSR count). The van der Waals surface area contributed by atoms with Gasteiger partial charge in [-0.15, -0.1) is 0 Å². The van der Waals surface area contributed by atoms with E-state index in [0.29, 0.717) is 5.56 Å². The van der Waals surface area contributed by atoms with Crippen LogP contribution in [-0.2, 0) is 13.0 Å². The van der Waals surface area contributed by atoms with E-state index in [1.165, 1.54) is 5.56 Å². The van der Waals surface area contributed by atoms with Crippen LogP contribution in [0.25, 0.3) is 0 Å². The van der Waals surface area contributed by atoms with Gasteiger partial charge in [0.15, 0.2) is 0 Å². The first-order valence-electron chi connectivity index (χ1n) is 8.23. The molecule has 5 nitrogen and oxygen atoms in total. The van der Waals surface area contributed by atoms with E-state index in [0.717, 1.165) is 24.1 Å². The summed E-state index contributed by atoms with van der Waals surface area (Å²) in [5.74, 6) is 0. The van der Waals surface area contributed by atoms with Crippen molar-refractivity contribution in [2.75, 3.05) is 0 Å². The topological polar surface area (TPSA) is 74.0 Å². The van der Waals surface area contributed by atoms with Gasteiger partial charge in [-0.1, -0.05) is 30.3 Å². The number of hydrogen-bond donors (Lipinski definition) is 3. The third-order valence-electron chi connectivity index (χ3n) is 4.01. The number of carbonyl (C=O) groups is 1. The molecule has 2 aromatic rings. The fourth-order valence-electron chi connectivity index (χ4n) is 2.64. The van der Waals surface area contributed by atoms with Crippen LogP contribution in [0.15, 0.2) is 41.2 Å². The summed E-state index contributed by atoms with van der Waals surface area (Å²) >= 11 is 0. The summed E-state index contributed by atoms with van der Waals surface area (Å²) in [7, 11) is 0. The second-order valence-corrected chi connectivity index (χ2v) is 6.20. The smallest absolute Gasteiger partial charge is 0.315 e. The fraction of sp³-hybridized carbons (Fsp3) is 0.368. The molecule has 0 fully saturated rings. The Kier molecular flexibility index (Phi) is 6.18. The molecule has 1 atom stereocenters.